The van der Waals surface area contributed by atoms with Gasteiger partial charge in [-0.25, -0.2) is 8.78 Å². The topological polar surface area (TPSA) is 3.24 Å². The van der Waals surface area contributed by atoms with Crippen LogP contribution in [0, 0.1) is 11.6 Å². The maximum atomic E-state index is 13.2. The summed E-state index contributed by atoms with van der Waals surface area (Å²) in [6.07, 6.45) is 0. The van der Waals surface area contributed by atoms with Gasteiger partial charge in [0.2, 0.25) is 0 Å². The Balaban J connectivity index is 3.05. The Morgan fingerprint density at radius 3 is 2.38 bits per heavy atom. The Labute approximate surface area is 77.0 Å². The number of rotatable bonds is 2. The van der Waals surface area contributed by atoms with E-state index in [9.17, 15) is 8.78 Å². The largest absolute Gasteiger partial charge is 0.303 e. The molecule has 1 nitrogen and oxygen atoms in total. The molecule has 0 N–H and O–H groups in total. The van der Waals surface area contributed by atoms with Crippen LogP contribution in [0.2, 0.25) is 0 Å². The van der Waals surface area contributed by atoms with E-state index in [1.54, 1.807) is 0 Å². The van der Waals surface area contributed by atoms with Gasteiger partial charge >= 0.3 is 0 Å². The van der Waals surface area contributed by atoms with Crippen LogP contribution < -0.4 is 0 Å². The summed E-state index contributed by atoms with van der Waals surface area (Å²) in [5.74, 6) is -0.757. The number of hydrogen-bond donors (Lipinski definition) is 0. The van der Waals surface area contributed by atoms with Crippen LogP contribution in [0.3, 0.4) is 0 Å². The standard InChI is InChI=1S/C10H13F2N/c1-7(13(2)3)9-6-8(11)4-5-10(9)12/h4-7H,1-3H3. The van der Waals surface area contributed by atoms with Crippen LogP contribution in [0.4, 0.5) is 8.78 Å². The molecule has 1 aromatic rings. The highest BCUT2D eigenvalue weighted by atomic mass is 19.1. The van der Waals surface area contributed by atoms with E-state index in [0.29, 0.717) is 5.56 Å². The summed E-state index contributed by atoms with van der Waals surface area (Å²) in [6, 6.07) is 3.40. The molecule has 0 aliphatic carbocycles. The molecule has 0 fully saturated rings. The van der Waals surface area contributed by atoms with Crippen molar-refractivity contribution in [2.24, 2.45) is 0 Å². The second kappa shape index (κ2) is 3.83. The van der Waals surface area contributed by atoms with Crippen LogP contribution in [0.5, 0.6) is 0 Å². The molecule has 1 atom stereocenters. The first-order valence-electron chi connectivity index (χ1n) is 4.13. The lowest BCUT2D eigenvalue weighted by atomic mass is 10.1. The van der Waals surface area contributed by atoms with E-state index in [1.165, 1.54) is 6.07 Å². The second-order valence-electron chi connectivity index (χ2n) is 3.31. The molecule has 0 spiro atoms. The SMILES string of the molecule is CC(c1cc(F)ccc1F)N(C)C. The zero-order valence-corrected chi connectivity index (χ0v) is 8.01. The molecule has 3 heteroatoms. The van der Waals surface area contributed by atoms with Gasteiger partial charge in [-0.2, -0.15) is 0 Å². The third-order valence-electron chi connectivity index (χ3n) is 2.18. The lowest BCUT2D eigenvalue weighted by Gasteiger charge is -2.20. The average molecular weight is 185 g/mol. The molecule has 1 rings (SSSR count). The zero-order valence-electron chi connectivity index (χ0n) is 8.01. The van der Waals surface area contributed by atoms with Crippen LogP contribution >= 0.6 is 0 Å². The van der Waals surface area contributed by atoms with Gasteiger partial charge in [-0.15, -0.1) is 0 Å². The molecule has 0 amide bonds. The molecule has 0 aromatic heterocycles. The van der Waals surface area contributed by atoms with Gasteiger partial charge in [0.25, 0.3) is 0 Å². The van der Waals surface area contributed by atoms with E-state index in [4.69, 9.17) is 0 Å². The van der Waals surface area contributed by atoms with E-state index in [-0.39, 0.29) is 11.9 Å². The summed E-state index contributed by atoms with van der Waals surface area (Å²) < 4.78 is 26.0. The quantitative estimate of drug-likeness (QED) is 0.684. The molecule has 1 unspecified atom stereocenters. The van der Waals surface area contributed by atoms with Gasteiger partial charge in [0.05, 0.1) is 0 Å². The van der Waals surface area contributed by atoms with Crippen LogP contribution in [-0.4, -0.2) is 19.0 Å². The number of halogens is 2. The van der Waals surface area contributed by atoms with E-state index in [0.717, 1.165) is 12.1 Å². The van der Waals surface area contributed by atoms with E-state index >= 15 is 0 Å². The summed E-state index contributed by atoms with van der Waals surface area (Å²) in [5, 5.41) is 0. The van der Waals surface area contributed by atoms with Gasteiger partial charge in [-0.3, -0.25) is 0 Å². The smallest absolute Gasteiger partial charge is 0.128 e. The Kier molecular flexibility index (Phi) is 2.98. The minimum absolute atomic E-state index is 0.115. The maximum absolute atomic E-state index is 13.2. The molecule has 72 valence electrons. The molecule has 0 radical (unpaired) electrons. The summed E-state index contributed by atoms with van der Waals surface area (Å²) >= 11 is 0. The van der Waals surface area contributed by atoms with Crippen LogP contribution in [0.25, 0.3) is 0 Å². The van der Waals surface area contributed by atoms with Crippen molar-refractivity contribution in [2.45, 2.75) is 13.0 Å². The van der Waals surface area contributed by atoms with Gasteiger partial charge in [-0.05, 0) is 39.2 Å². The first kappa shape index (κ1) is 10.1. The minimum Gasteiger partial charge on any atom is -0.303 e. The van der Waals surface area contributed by atoms with E-state index < -0.39 is 5.82 Å². The number of nitrogens with zero attached hydrogens (tertiary/aromatic N) is 1. The Morgan fingerprint density at radius 1 is 1.23 bits per heavy atom. The zero-order chi connectivity index (χ0) is 10.0. The fraction of sp³-hybridized carbons (Fsp3) is 0.400. The van der Waals surface area contributed by atoms with Gasteiger partial charge in [0.15, 0.2) is 0 Å². The van der Waals surface area contributed by atoms with Gasteiger partial charge < -0.3 is 4.90 Å². The number of hydrogen-bond acceptors (Lipinski definition) is 1. The van der Waals surface area contributed by atoms with Gasteiger partial charge in [0.1, 0.15) is 11.6 Å². The van der Waals surface area contributed by atoms with Crippen molar-refractivity contribution >= 4 is 0 Å². The Hall–Kier alpha value is -0.960. The van der Waals surface area contributed by atoms with E-state index in [2.05, 4.69) is 0 Å². The van der Waals surface area contributed by atoms with Crippen molar-refractivity contribution < 1.29 is 8.78 Å². The first-order valence-corrected chi connectivity index (χ1v) is 4.13. The molecular weight excluding hydrogens is 172 g/mol. The highest BCUT2D eigenvalue weighted by Gasteiger charge is 2.13. The van der Waals surface area contributed by atoms with Gasteiger partial charge in [-0.1, -0.05) is 0 Å². The predicted octanol–water partition coefficient (Wildman–Crippen LogP) is 2.59. The third kappa shape index (κ3) is 2.25. The normalized spacial score (nSPS) is 13.4. The number of benzene rings is 1. The monoisotopic (exact) mass is 185 g/mol. The van der Waals surface area contributed by atoms with E-state index in [1.807, 2.05) is 25.9 Å². The third-order valence-corrected chi connectivity index (χ3v) is 2.18. The highest BCUT2D eigenvalue weighted by Crippen LogP contribution is 2.21. The molecule has 0 aliphatic rings. The summed E-state index contributed by atoms with van der Waals surface area (Å²) in [7, 11) is 3.66. The summed E-state index contributed by atoms with van der Waals surface area (Å²) in [4.78, 5) is 1.83. The molecule has 0 heterocycles. The molecule has 1 aromatic carbocycles. The Morgan fingerprint density at radius 2 is 1.85 bits per heavy atom. The van der Waals surface area contributed by atoms with Crippen LogP contribution in [0.1, 0.15) is 18.5 Å². The van der Waals surface area contributed by atoms with Crippen molar-refractivity contribution in [1.82, 2.24) is 4.90 Å². The lowest BCUT2D eigenvalue weighted by molar-refractivity contribution is 0.312. The summed E-state index contributed by atoms with van der Waals surface area (Å²) in [6.45, 7) is 1.83. The van der Waals surface area contributed by atoms with Crippen molar-refractivity contribution in [3.05, 3.63) is 35.4 Å². The van der Waals surface area contributed by atoms with Crippen molar-refractivity contribution in [3.63, 3.8) is 0 Å². The fourth-order valence-electron chi connectivity index (χ4n) is 1.11. The molecular formula is C10H13F2N. The van der Waals surface area contributed by atoms with Crippen LogP contribution in [0.15, 0.2) is 18.2 Å². The van der Waals surface area contributed by atoms with Gasteiger partial charge in [0, 0.05) is 11.6 Å². The molecule has 0 saturated heterocycles. The maximum Gasteiger partial charge on any atom is 0.128 e. The van der Waals surface area contributed by atoms with Crippen molar-refractivity contribution in [3.8, 4) is 0 Å². The molecule has 0 bridgehead atoms. The molecule has 13 heavy (non-hydrogen) atoms. The lowest BCUT2D eigenvalue weighted by Crippen LogP contribution is -2.18. The molecule has 0 saturated carbocycles. The highest BCUT2D eigenvalue weighted by molar-refractivity contribution is 5.21. The minimum atomic E-state index is -0.398. The van der Waals surface area contributed by atoms with Crippen LogP contribution in [-0.2, 0) is 0 Å². The van der Waals surface area contributed by atoms with Crippen molar-refractivity contribution in [2.75, 3.05) is 14.1 Å². The first-order chi connectivity index (χ1) is 6.02. The van der Waals surface area contributed by atoms with Crippen molar-refractivity contribution in [1.29, 1.82) is 0 Å². The fourth-order valence-corrected chi connectivity index (χ4v) is 1.11. The Bertz CT molecular complexity index is 297. The molecule has 0 aliphatic heterocycles. The second-order valence-corrected chi connectivity index (χ2v) is 3.31. The average Bonchev–Trinajstić information content (AvgIpc) is 2.08. The summed E-state index contributed by atoms with van der Waals surface area (Å²) in [5.41, 5.74) is 0.394. The predicted molar refractivity (Wildman–Crippen MR) is 48.5 cm³/mol.